The van der Waals surface area contributed by atoms with Crippen LogP contribution in [-0.2, 0) is 24.0 Å². The lowest BCUT2D eigenvalue weighted by atomic mass is 10.0. The molecule has 0 bridgehead atoms. The maximum absolute atomic E-state index is 11.9. The van der Waals surface area contributed by atoms with Crippen LogP contribution in [0.2, 0.25) is 0 Å². The van der Waals surface area contributed by atoms with Gasteiger partial charge in [-0.25, -0.2) is 9.52 Å². The van der Waals surface area contributed by atoms with Crippen molar-refractivity contribution in [2.75, 3.05) is 6.61 Å². The third-order valence-corrected chi connectivity index (χ3v) is 5.04. The highest BCUT2D eigenvalue weighted by atomic mass is 32.2. The molecule has 0 radical (unpaired) electrons. The Morgan fingerprint density at radius 2 is 2.03 bits per heavy atom. The Labute approximate surface area is 165 Å². The molecule has 1 aromatic heterocycles. The van der Waals surface area contributed by atoms with Crippen molar-refractivity contribution in [3.63, 3.8) is 0 Å². The number of nitrogens with zero attached hydrogens (tertiary/aromatic N) is 1. The Morgan fingerprint density at radius 3 is 2.62 bits per heavy atom. The molecule has 1 aromatic rings. The Morgan fingerprint density at radius 1 is 1.38 bits per heavy atom. The normalized spacial score (nSPS) is 25.9. The highest BCUT2D eigenvalue weighted by molar-refractivity contribution is 7.85. The zero-order valence-electron chi connectivity index (χ0n) is 15.7. The van der Waals surface area contributed by atoms with Gasteiger partial charge in [0.05, 0.1) is 12.6 Å². The van der Waals surface area contributed by atoms with E-state index in [9.17, 15) is 33.0 Å². The van der Waals surface area contributed by atoms with E-state index in [1.165, 1.54) is 0 Å². The number of rotatable bonds is 8. The van der Waals surface area contributed by atoms with Crippen molar-refractivity contribution in [2.45, 2.75) is 50.8 Å². The van der Waals surface area contributed by atoms with Gasteiger partial charge in [0.1, 0.15) is 18.3 Å². The number of amides is 1. The van der Waals surface area contributed by atoms with Gasteiger partial charge in [-0.1, -0.05) is 13.8 Å². The van der Waals surface area contributed by atoms with Crippen molar-refractivity contribution in [2.24, 2.45) is 11.7 Å². The number of aliphatic hydroxyl groups excluding tert-OH is 2. The van der Waals surface area contributed by atoms with Crippen molar-refractivity contribution in [3.8, 4) is 0 Å². The molecule has 0 saturated carbocycles. The van der Waals surface area contributed by atoms with Crippen LogP contribution in [0, 0.1) is 5.92 Å². The first-order valence-corrected chi connectivity index (χ1v) is 10.1. The second kappa shape index (κ2) is 9.15. The van der Waals surface area contributed by atoms with E-state index in [1.54, 1.807) is 4.72 Å². The fourth-order valence-corrected chi connectivity index (χ4v) is 3.49. The second-order valence-electron chi connectivity index (χ2n) is 7.00. The van der Waals surface area contributed by atoms with Crippen LogP contribution in [0.5, 0.6) is 0 Å². The third kappa shape index (κ3) is 5.94. The molecule has 0 aromatic carbocycles. The van der Waals surface area contributed by atoms with Gasteiger partial charge in [0.2, 0.25) is 0 Å². The summed E-state index contributed by atoms with van der Waals surface area (Å²) in [6, 6.07) is -0.0475. The van der Waals surface area contributed by atoms with E-state index in [0.29, 0.717) is 0 Å². The molecule has 29 heavy (non-hydrogen) atoms. The molecule has 1 fully saturated rings. The van der Waals surface area contributed by atoms with Gasteiger partial charge in [-0.05, 0) is 12.3 Å². The first-order valence-electron chi connectivity index (χ1n) is 8.71. The standard InChI is InChI=1S/C15H24N4O9S/c1-7(2)5-8(16)13(23)18-29(25,26)27-6-9-11(21)12(22)14(28-9)19-4-3-10(20)17-15(19)24/h3-4,7-9,11-12,14,21-22H,5-6,16H2,1-2H3,(H,18,23)(H,17,20,24)/t8-,9+,11+,12+,14+/m0/s1. The molecule has 2 heterocycles. The predicted octanol–water partition coefficient (Wildman–Crippen LogP) is -3.09. The Hall–Kier alpha value is -2.10. The van der Waals surface area contributed by atoms with Crippen molar-refractivity contribution in [3.05, 3.63) is 33.1 Å². The smallest absolute Gasteiger partial charge is 0.362 e. The van der Waals surface area contributed by atoms with Crippen molar-refractivity contribution in [1.29, 1.82) is 0 Å². The summed E-state index contributed by atoms with van der Waals surface area (Å²) in [4.78, 5) is 36.7. The van der Waals surface area contributed by atoms with E-state index < -0.39 is 64.6 Å². The molecule has 164 valence electrons. The fourth-order valence-electron chi connectivity index (χ4n) is 2.72. The second-order valence-corrected chi connectivity index (χ2v) is 8.35. The number of carbonyl (C=O) groups excluding carboxylic acids is 1. The average molecular weight is 436 g/mol. The van der Waals surface area contributed by atoms with E-state index in [2.05, 4.69) is 4.18 Å². The van der Waals surface area contributed by atoms with Crippen LogP contribution in [0.15, 0.2) is 21.9 Å². The molecular formula is C15H24N4O9S. The molecule has 1 amide bonds. The van der Waals surface area contributed by atoms with Gasteiger partial charge < -0.3 is 20.7 Å². The number of aliphatic hydroxyl groups is 2. The molecule has 0 aliphatic carbocycles. The lowest BCUT2D eigenvalue weighted by Gasteiger charge is -2.17. The van der Waals surface area contributed by atoms with Crippen LogP contribution in [0.1, 0.15) is 26.5 Å². The SMILES string of the molecule is CC(C)C[C@H](N)C(=O)NS(=O)(=O)OC[C@H]1O[C@@H](n2ccc(=O)[nH]c2=O)[C@H](O)[C@@H]1O. The lowest BCUT2D eigenvalue weighted by Crippen LogP contribution is -2.45. The monoisotopic (exact) mass is 436 g/mol. The maximum Gasteiger partial charge on any atom is 0.362 e. The van der Waals surface area contributed by atoms with Gasteiger partial charge in [-0.2, -0.15) is 8.42 Å². The third-order valence-electron chi connectivity index (χ3n) is 4.14. The zero-order valence-corrected chi connectivity index (χ0v) is 16.5. The zero-order chi connectivity index (χ0) is 21.9. The molecule has 1 aliphatic heterocycles. The van der Waals surface area contributed by atoms with E-state index in [-0.39, 0.29) is 12.3 Å². The summed E-state index contributed by atoms with van der Waals surface area (Å²) >= 11 is 0. The molecule has 6 N–H and O–H groups in total. The molecule has 2 rings (SSSR count). The molecule has 14 heteroatoms. The summed E-state index contributed by atoms with van der Waals surface area (Å²) in [7, 11) is -4.55. The first kappa shape index (κ1) is 23.2. The maximum atomic E-state index is 11.9. The van der Waals surface area contributed by atoms with E-state index in [4.69, 9.17) is 10.5 Å². The van der Waals surface area contributed by atoms with Gasteiger partial charge in [0.15, 0.2) is 6.23 Å². The Kier molecular flexibility index (Phi) is 7.31. The van der Waals surface area contributed by atoms with Gasteiger partial charge in [-0.3, -0.25) is 23.3 Å². The number of H-pyrrole nitrogens is 1. The summed E-state index contributed by atoms with van der Waals surface area (Å²) < 4.78 is 36.3. The molecule has 0 unspecified atom stereocenters. The number of nitrogens with one attached hydrogen (secondary N) is 2. The highest BCUT2D eigenvalue weighted by Gasteiger charge is 2.44. The van der Waals surface area contributed by atoms with Crippen LogP contribution < -0.4 is 21.7 Å². The minimum Gasteiger partial charge on any atom is -0.387 e. The Bertz CT molecular complexity index is 942. The number of nitrogens with two attached hydrogens (primary N) is 1. The van der Waals surface area contributed by atoms with Crippen LogP contribution >= 0.6 is 0 Å². The molecule has 1 saturated heterocycles. The van der Waals surface area contributed by atoms with Gasteiger partial charge in [0, 0.05) is 12.3 Å². The topological polar surface area (TPSA) is 203 Å². The molecule has 5 atom stereocenters. The van der Waals surface area contributed by atoms with Gasteiger partial charge in [-0.15, -0.1) is 0 Å². The van der Waals surface area contributed by atoms with Crippen molar-refractivity contribution >= 4 is 16.2 Å². The van der Waals surface area contributed by atoms with E-state index in [1.807, 2.05) is 18.8 Å². The molecule has 13 nitrogen and oxygen atoms in total. The average Bonchev–Trinajstić information content (AvgIpc) is 2.87. The summed E-state index contributed by atoms with van der Waals surface area (Å²) in [5.41, 5.74) is 4.04. The fraction of sp³-hybridized carbons (Fsp3) is 0.667. The highest BCUT2D eigenvalue weighted by Crippen LogP contribution is 2.28. The Balaban J connectivity index is 2.00. The number of hydrogen-bond acceptors (Lipinski definition) is 10. The molecule has 1 aliphatic rings. The number of carbonyl (C=O) groups is 1. The van der Waals surface area contributed by atoms with Crippen molar-refractivity contribution in [1.82, 2.24) is 14.3 Å². The summed E-state index contributed by atoms with van der Waals surface area (Å²) in [6.45, 7) is 2.87. The predicted molar refractivity (Wildman–Crippen MR) is 97.7 cm³/mol. The summed E-state index contributed by atoms with van der Waals surface area (Å²) in [6.07, 6.45) is -4.63. The summed E-state index contributed by atoms with van der Waals surface area (Å²) in [5.74, 6) is -0.888. The number of aromatic nitrogens is 2. The van der Waals surface area contributed by atoms with E-state index in [0.717, 1.165) is 16.8 Å². The first-order chi connectivity index (χ1) is 13.4. The van der Waals surface area contributed by atoms with Crippen molar-refractivity contribution < 1.29 is 32.3 Å². The lowest BCUT2D eigenvalue weighted by molar-refractivity contribution is -0.121. The largest absolute Gasteiger partial charge is 0.387 e. The van der Waals surface area contributed by atoms with Crippen LogP contribution in [0.4, 0.5) is 0 Å². The minimum atomic E-state index is -4.55. The number of aromatic amines is 1. The van der Waals surface area contributed by atoms with Crippen LogP contribution in [0.25, 0.3) is 0 Å². The number of hydrogen-bond donors (Lipinski definition) is 5. The van der Waals surface area contributed by atoms with Gasteiger partial charge >= 0.3 is 16.0 Å². The molecule has 0 spiro atoms. The minimum absolute atomic E-state index is 0.0659. The molecular weight excluding hydrogens is 412 g/mol. The number of ether oxygens (including phenoxy) is 1. The summed E-state index contributed by atoms with van der Waals surface area (Å²) in [5, 5.41) is 20.1. The van der Waals surface area contributed by atoms with E-state index >= 15 is 0 Å². The van der Waals surface area contributed by atoms with Crippen LogP contribution in [0.3, 0.4) is 0 Å². The quantitative estimate of drug-likeness (QED) is 0.278. The van der Waals surface area contributed by atoms with Crippen LogP contribution in [-0.4, -0.2) is 65.0 Å². The van der Waals surface area contributed by atoms with Gasteiger partial charge in [0.25, 0.3) is 11.5 Å².